The predicted octanol–water partition coefficient (Wildman–Crippen LogP) is 2.47. The number of imide groups is 1. The quantitative estimate of drug-likeness (QED) is 0.605. The summed E-state index contributed by atoms with van der Waals surface area (Å²) in [5.74, 6) is -0.873. The maximum Gasteiger partial charge on any atom is 0.328 e. The lowest BCUT2D eigenvalue weighted by atomic mass is 9.87. The molecule has 0 unspecified atom stereocenters. The van der Waals surface area contributed by atoms with E-state index in [-0.39, 0.29) is 43.0 Å². The fraction of sp³-hybridized carbons (Fsp3) is 0.600. The molecule has 4 rings (SSSR count). The Morgan fingerprint density at radius 1 is 1.03 bits per heavy atom. The lowest BCUT2D eigenvalue weighted by Gasteiger charge is -2.35. The summed E-state index contributed by atoms with van der Waals surface area (Å²) in [6.45, 7) is 3.26. The highest BCUT2D eigenvalue weighted by Gasteiger charge is 2.30. The Morgan fingerprint density at radius 2 is 1.71 bits per heavy atom. The second-order valence-corrected chi connectivity index (χ2v) is 9.52. The minimum atomic E-state index is -0.715. The number of benzene rings is 1. The molecule has 3 fully saturated rings. The highest BCUT2D eigenvalue weighted by atomic mass is 16.5. The highest BCUT2D eigenvalue weighted by Crippen LogP contribution is 2.29. The van der Waals surface area contributed by atoms with Crippen LogP contribution in [0.25, 0.3) is 0 Å². The number of carbonyl (C=O) groups is 4. The number of aryl methyl sites for hydroxylation is 1. The number of urea groups is 1. The van der Waals surface area contributed by atoms with Crippen LogP contribution >= 0.6 is 0 Å². The van der Waals surface area contributed by atoms with E-state index < -0.39 is 12.0 Å². The van der Waals surface area contributed by atoms with Crippen molar-refractivity contribution < 1.29 is 33.8 Å². The van der Waals surface area contributed by atoms with Gasteiger partial charge < -0.3 is 19.5 Å². The molecular formula is C25H33N3O7. The van der Waals surface area contributed by atoms with Crippen LogP contribution in [0.2, 0.25) is 0 Å². The normalized spacial score (nSPS) is 23.7. The van der Waals surface area contributed by atoms with Gasteiger partial charge in [0.15, 0.2) is 6.61 Å². The smallest absolute Gasteiger partial charge is 0.328 e. The fourth-order valence-corrected chi connectivity index (χ4v) is 4.96. The van der Waals surface area contributed by atoms with E-state index in [2.05, 4.69) is 5.32 Å². The molecule has 0 radical (unpaired) electrons. The Labute approximate surface area is 204 Å². The lowest BCUT2D eigenvalue weighted by Crippen LogP contribution is -2.49. The average Bonchev–Trinajstić information content (AvgIpc) is 2.84. The van der Waals surface area contributed by atoms with E-state index in [0.717, 1.165) is 31.2 Å². The van der Waals surface area contributed by atoms with Crippen LogP contribution in [-0.2, 0) is 19.1 Å². The molecule has 1 saturated carbocycles. The van der Waals surface area contributed by atoms with Crippen molar-refractivity contribution in [3.8, 4) is 5.75 Å². The predicted molar refractivity (Wildman–Crippen MR) is 126 cm³/mol. The number of piperidine rings is 1. The van der Waals surface area contributed by atoms with Gasteiger partial charge >= 0.3 is 12.0 Å². The molecule has 0 spiro atoms. The molecule has 0 aromatic heterocycles. The van der Waals surface area contributed by atoms with Crippen molar-refractivity contribution in [1.29, 1.82) is 0 Å². The number of carboxylic acid groups (broad SMARTS) is 1. The van der Waals surface area contributed by atoms with Crippen LogP contribution in [0.4, 0.5) is 10.5 Å². The summed E-state index contributed by atoms with van der Waals surface area (Å²) in [6, 6.07) is 4.85. The van der Waals surface area contributed by atoms with E-state index in [0.29, 0.717) is 43.9 Å². The van der Waals surface area contributed by atoms with Crippen LogP contribution in [-0.4, -0.2) is 72.3 Å². The second-order valence-electron chi connectivity index (χ2n) is 9.52. The van der Waals surface area contributed by atoms with Crippen LogP contribution in [0.5, 0.6) is 5.75 Å². The first kappa shape index (κ1) is 25.0. The molecule has 2 N–H and O–H groups in total. The van der Waals surface area contributed by atoms with Crippen LogP contribution in [0.3, 0.4) is 0 Å². The number of hydrogen-bond acceptors (Lipinski definition) is 6. The zero-order valence-corrected chi connectivity index (χ0v) is 20.0. The number of ether oxygens (including phenoxy) is 2. The van der Waals surface area contributed by atoms with Crippen molar-refractivity contribution in [3.05, 3.63) is 23.8 Å². The van der Waals surface area contributed by atoms with E-state index in [9.17, 15) is 19.2 Å². The van der Waals surface area contributed by atoms with Gasteiger partial charge in [0.2, 0.25) is 5.91 Å². The van der Waals surface area contributed by atoms with E-state index in [4.69, 9.17) is 14.6 Å². The Kier molecular flexibility index (Phi) is 7.90. The van der Waals surface area contributed by atoms with Crippen molar-refractivity contribution in [1.82, 2.24) is 10.2 Å². The topological polar surface area (TPSA) is 125 Å². The molecule has 3 aliphatic rings. The number of hydrogen-bond donors (Lipinski definition) is 2. The molecule has 0 atom stereocenters. The molecule has 190 valence electrons. The van der Waals surface area contributed by atoms with Gasteiger partial charge in [-0.3, -0.25) is 24.6 Å². The molecule has 2 saturated heterocycles. The molecule has 4 amide bonds. The third kappa shape index (κ3) is 6.30. The number of nitrogens with one attached hydrogen (secondary N) is 1. The van der Waals surface area contributed by atoms with Gasteiger partial charge in [-0.15, -0.1) is 0 Å². The van der Waals surface area contributed by atoms with Gasteiger partial charge in [-0.1, -0.05) is 6.07 Å². The molecular weight excluding hydrogens is 454 g/mol. The maximum absolute atomic E-state index is 12.7. The summed E-state index contributed by atoms with van der Waals surface area (Å²) < 4.78 is 11.9. The first-order valence-corrected chi connectivity index (χ1v) is 12.3. The molecule has 1 aliphatic carbocycles. The highest BCUT2D eigenvalue weighted by molar-refractivity contribution is 6.06. The summed E-state index contributed by atoms with van der Waals surface area (Å²) in [7, 11) is 0. The monoisotopic (exact) mass is 487 g/mol. The van der Waals surface area contributed by atoms with Gasteiger partial charge in [-0.25, -0.2) is 4.79 Å². The maximum atomic E-state index is 12.7. The van der Waals surface area contributed by atoms with E-state index in [1.807, 2.05) is 13.0 Å². The number of carbonyl (C=O) groups excluding carboxylic acids is 3. The average molecular weight is 488 g/mol. The molecule has 1 aromatic carbocycles. The zero-order valence-electron chi connectivity index (χ0n) is 20.0. The second kappa shape index (κ2) is 11.1. The van der Waals surface area contributed by atoms with Gasteiger partial charge in [0.05, 0.1) is 23.8 Å². The standard InChI is InChI=1S/C25H33N3O7/c1-16-2-5-20(14-21(16)28-13-10-22(29)26-25(28)33)34-15-23(30)27-11-8-19(9-12-27)35-18-6-3-17(4-7-18)24(31)32/h2,5,14,17-19H,3-4,6-13,15H2,1H3,(H,31,32)(H,26,29,33). The van der Waals surface area contributed by atoms with Gasteiger partial charge in [-0.2, -0.15) is 0 Å². The van der Waals surface area contributed by atoms with Gasteiger partial charge in [0.25, 0.3) is 5.91 Å². The SMILES string of the molecule is Cc1ccc(OCC(=O)N2CCC(OC3CCC(C(=O)O)CC3)CC2)cc1N1CCC(=O)NC1=O. The van der Waals surface area contributed by atoms with Gasteiger partial charge in [0, 0.05) is 32.1 Å². The largest absolute Gasteiger partial charge is 0.484 e. The summed E-state index contributed by atoms with van der Waals surface area (Å²) in [4.78, 5) is 50.7. The summed E-state index contributed by atoms with van der Waals surface area (Å²) in [5.41, 5.74) is 1.52. The first-order valence-electron chi connectivity index (χ1n) is 12.3. The lowest BCUT2D eigenvalue weighted by molar-refractivity contribution is -0.144. The minimum Gasteiger partial charge on any atom is -0.484 e. The Morgan fingerprint density at radius 3 is 2.37 bits per heavy atom. The molecule has 1 aromatic rings. The summed E-state index contributed by atoms with van der Waals surface area (Å²) in [5, 5.41) is 11.4. The van der Waals surface area contributed by atoms with Crippen molar-refractivity contribution >= 4 is 29.5 Å². The fourth-order valence-electron chi connectivity index (χ4n) is 4.96. The third-order valence-electron chi connectivity index (χ3n) is 7.09. The zero-order chi connectivity index (χ0) is 24.9. The number of amides is 4. The van der Waals surface area contributed by atoms with Crippen LogP contribution in [0, 0.1) is 12.8 Å². The van der Waals surface area contributed by atoms with E-state index in [1.54, 1.807) is 17.0 Å². The summed E-state index contributed by atoms with van der Waals surface area (Å²) in [6.07, 6.45) is 4.81. The number of carboxylic acids is 1. The molecule has 0 bridgehead atoms. The minimum absolute atomic E-state index is 0.0913. The van der Waals surface area contributed by atoms with Crippen LogP contribution in [0.1, 0.15) is 50.5 Å². The van der Waals surface area contributed by atoms with E-state index >= 15 is 0 Å². The van der Waals surface area contributed by atoms with Crippen molar-refractivity contribution in [2.45, 2.75) is 64.1 Å². The van der Waals surface area contributed by atoms with Crippen molar-refractivity contribution in [3.63, 3.8) is 0 Å². The number of rotatable bonds is 7. The third-order valence-corrected chi connectivity index (χ3v) is 7.09. The summed E-state index contributed by atoms with van der Waals surface area (Å²) >= 11 is 0. The van der Waals surface area contributed by atoms with Crippen molar-refractivity contribution in [2.24, 2.45) is 5.92 Å². The number of aliphatic carboxylic acids is 1. The first-order chi connectivity index (χ1) is 16.8. The van der Waals surface area contributed by atoms with Crippen LogP contribution < -0.4 is 15.0 Å². The Hall–Kier alpha value is -3.14. The van der Waals surface area contributed by atoms with Gasteiger partial charge in [0.1, 0.15) is 5.75 Å². The van der Waals surface area contributed by atoms with Crippen molar-refractivity contribution in [2.75, 3.05) is 31.1 Å². The molecule has 10 nitrogen and oxygen atoms in total. The Balaban J connectivity index is 1.22. The van der Waals surface area contributed by atoms with Gasteiger partial charge in [-0.05, 0) is 57.1 Å². The molecule has 2 aliphatic heterocycles. The number of anilines is 1. The Bertz CT molecular complexity index is 966. The van der Waals surface area contributed by atoms with E-state index in [1.165, 1.54) is 4.90 Å². The number of likely N-dealkylation sites (tertiary alicyclic amines) is 1. The molecule has 10 heteroatoms. The molecule has 35 heavy (non-hydrogen) atoms. The van der Waals surface area contributed by atoms with Crippen LogP contribution in [0.15, 0.2) is 18.2 Å². The molecule has 2 heterocycles. The number of nitrogens with zero attached hydrogens (tertiary/aromatic N) is 2.